The van der Waals surface area contributed by atoms with Crippen LogP contribution in [0.1, 0.15) is 24.5 Å². The molecule has 0 bridgehead atoms. The summed E-state index contributed by atoms with van der Waals surface area (Å²) in [5, 5.41) is 15.3. The topological polar surface area (TPSA) is 73.6 Å². The molecule has 0 aliphatic heterocycles. The van der Waals surface area contributed by atoms with Gasteiger partial charge in [0.05, 0.1) is 16.1 Å². The van der Waals surface area contributed by atoms with E-state index in [1.165, 1.54) is 0 Å². The van der Waals surface area contributed by atoms with Gasteiger partial charge in [0.25, 0.3) is 0 Å². The fraction of sp³-hybridized carbons (Fsp3) is 0.267. The monoisotopic (exact) mass is 345 g/mol. The summed E-state index contributed by atoms with van der Waals surface area (Å²) in [6.07, 6.45) is 2.74. The van der Waals surface area contributed by atoms with E-state index in [-0.39, 0.29) is 0 Å². The largest absolute Gasteiger partial charge is 0.365 e. The van der Waals surface area contributed by atoms with Gasteiger partial charge in [0, 0.05) is 19.3 Å². The summed E-state index contributed by atoms with van der Waals surface area (Å²) in [7, 11) is 0. The minimum Gasteiger partial charge on any atom is -0.365 e. The second kappa shape index (κ2) is 7.60. The van der Waals surface area contributed by atoms with Crippen LogP contribution in [0.4, 0.5) is 11.8 Å². The van der Waals surface area contributed by atoms with Crippen LogP contribution in [0.15, 0.2) is 34.9 Å². The normalized spacial score (nSPS) is 9.95. The number of hydrogen-bond acceptors (Lipinski definition) is 5. The first-order chi connectivity index (χ1) is 10.2. The van der Waals surface area contributed by atoms with Crippen molar-refractivity contribution in [3.63, 3.8) is 0 Å². The number of nitriles is 1. The van der Waals surface area contributed by atoms with Gasteiger partial charge in [-0.25, -0.2) is 4.98 Å². The molecular weight excluding hydrogens is 330 g/mol. The molecule has 0 amide bonds. The zero-order valence-electron chi connectivity index (χ0n) is 11.7. The van der Waals surface area contributed by atoms with E-state index in [0.717, 1.165) is 28.8 Å². The highest BCUT2D eigenvalue weighted by molar-refractivity contribution is 9.10. The van der Waals surface area contributed by atoms with Crippen molar-refractivity contribution in [1.82, 2.24) is 9.97 Å². The van der Waals surface area contributed by atoms with E-state index in [9.17, 15) is 0 Å². The third-order valence-electron chi connectivity index (χ3n) is 2.79. The summed E-state index contributed by atoms with van der Waals surface area (Å²) < 4.78 is 0.806. The van der Waals surface area contributed by atoms with Crippen LogP contribution in [0.3, 0.4) is 0 Å². The van der Waals surface area contributed by atoms with Gasteiger partial charge in [0.15, 0.2) is 0 Å². The van der Waals surface area contributed by atoms with Gasteiger partial charge in [-0.05, 0) is 40.0 Å². The lowest BCUT2D eigenvalue weighted by Crippen LogP contribution is -2.08. The molecule has 6 heteroatoms. The van der Waals surface area contributed by atoms with Crippen molar-refractivity contribution in [2.45, 2.75) is 19.9 Å². The number of anilines is 2. The summed E-state index contributed by atoms with van der Waals surface area (Å²) in [4.78, 5) is 8.63. The minimum atomic E-state index is 0.596. The van der Waals surface area contributed by atoms with Crippen molar-refractivity contribution < 1.29 is 0 Å². The molecule has 5 nitrogen and oxygen atoms in total. The first-order valence-corrected chi connectivity index (χ1v) is 7.51. The molecular formula is C15H16BrN5. The number of aromatic nitrogens is 2. The molecule has 0 unspecified atom stereocenters. The van der Waals surface area contributed by atoms with Gasteiger partial charge in [0.1, 0.15) is 5.82 Å². The molecule has 0 saturated carbocycles. The van der Waals surface area contributed by atoms with Gasteiger partial charge in [-0.15, -0.1) is 0 Å². The lowest BCUT2D eigenvalue weighted by atomic mass is 10.1. The summed E-state index contributed by atoms with van der Waals surface area (Å²) in [6.45, 7) is 3.52. The Morgan fingerprint density at radius 1 is 1.33 bits per heavy atom. The molecule has 0 saturated heterocycles. The van der Waals surface area contributed by atoms with Crippen molar-refractivity contribution in [1.29, 1.82) is 5.26 Å². The van der Waals surface area contributed by atoms with Gasteiger partial charge in [0.2, 0.25) is 5.95 Å². The molecule has 1 aromatic carbocycles. The van der Waals surface area contributed by atoms with Crippen LogP contribution >= 0.6 is 15.9 Å². The summed E-state index contributed by atoms with van der Waals surface area (Å²) in [5.74, 6) is 1.33. The SMILES string of the molecule is CCCNc1ncc(Br)c(NCc2cccc(C#N)c2)n1. The average Bonchev–Trinajstić information content (AvgIpc) is 2.53. The average molecular weight is 346 g/mol. The Balaban J connectivity index is 2.06. The summed E-state index contributed by atoms with van der Waals surface area (Å²) in [6, 6.07) is 9.63. The standard InChI is InChI=1S/C15H16BrN5/c1-2-6-18-15-20-10-13(16)14(21-15)19-9-12-5-3-4-11(7-12)8-17/h3-5,7,10H,2,6,9H2,1H3,(H2,18,19,20,21). The second-order valence-electron chi connectivity index (χ2n) is 4.48. The molecule has 2 aromatic rings. The molecule has 108 valence electrons. The van der Waals surface area contributed by atoms with Crippen LogP contribution in [-0.2, 0) is 6.54 Å². The third kappa shape index (κ3) is 4.43. The Bertz CT molecular complexity index is 651. The smallest absolute Gasteiger partial charge is 0.224 e. The third-order valence-corrected chi connectivity index (χ3v) is 3.37. The lowest BCUT2D eigenvalue weighted by molar-refractivity contribution is 0.948. The number of nitrogens with one attached hydrogen (secondary N) is 2. The molecule has 1 aromatic heterocycles. The number of rotatable bonds is 6. The zero-order valence-corrected chi connectivity index (χ0v) is 13.3. The Hall–Kier alpha value is -2.13. The maximum atomic E-state index is 8.90. The molecule has 0 spiro atoms. The van der Waals surface area contributed by atoms with Crippen molar-refractivity contribution in [2.24, 2.45) is 0 Å². The van der Waals surface area contributed by atoms with Gasteiger partial charge in [-0.2, -0.15) is 10.2 Å². The summed E-state index contributed by atoms with van der Waals surface area (Å²) >= 11 is 3.43. The van der Waals surface area contributed by atoms with Gasteiger partial charge in [-0.1, -0.05) is 19.1 Å². The van der Waals surface area contributed by atoms with Crippen LogP contribution in [0, 0.1) is 11.3 Å². The number of nitrogens with zero attached hydrogens (tertiary/aromatic N) is 3. The van der Waals surface area contributed by atoms with Crippen LogP contribution in [0.5, 0.6) is 0 Å². The molecule has 2 N–H and O–H groups in total. The van der Waals surface area contributed by atoms with Crippen LogP contribution in [-0.4, -0.2) is 16.5 Å². The zero-order chi connectivity index (χ0) is 15.1. The highest BCUT2D eigenvalue weighted by Gasteiger charge is 2.05. The minimum absolute atomic E-state index is 0.596. The van der Waals surface area contributed by atoms with E-state index >= 15 is 0 Å². The molecule has 21 heavy (non-hydrogen) atoms. The predicted molar refractivity (Wildman–Crippen MR) is 87.0 cm³/mol. The van der Waals surface area contributed by atoms with E-state index in [0.29, 0.717) is 18.1 Å². The quantitative estimate of drug-likeness (QED) is 0.837. The van der Waals surface area contributed by atoms with Gasteiger partial charge < -0.3 is 10.6 Å². The Labute approximate surface area is 132 Å². The first kappa shape index (κ1) is 15.3. The highest BCUT2D eigenvalue weighted by Crippen LogP contribution is 2.21. The van der Waals surface area contributed by atoms with E-state index < -0.39 is 0 Å². The lowest BCUT2D eigenvalue weighted by Gasteiger charge is -2.10. The van der Waals surface area contributed by atoms with Crippen molar-refractivity contribution in [3.05, 3.63) is 46.1 Å². The Morgan fingerprint density at radius 2 is 2.19 bits per heavy atom. The number of benzene rings is 1. The number of halogens is 1. The maximum absolute atomic E-state index is 8.90. The summed E-state index contributed by atoms with van der Waals surface area (Å²) in [5.41, 5.74) is 1.68. The molecule has 0 aliphatic rings. The van der Waals surface area contributed by atoms with Gasteiger partial charge in [-0.3, -0.25) is 0 Å². The van der Waals surface area contributed by atoms with E-state index in [4.69, 9.17) is 5.26 Å². The molecule has 1 heterocycles. The van der Waals surface area contributed by atoms with Crippen LogP contribution < -0.4 is 10.6 Å². The van der Waals surface area contributed by atoms with E-state index in [2.05, 4.69) is 49.5 Å². The fourth-order valence-electron chi connectivity index (χ4n) is 1.75. The van der Waals surface area contributed by atoms with Crippen LogP contribution in [0.2, 0.25) is 0 Å². The number of hydrogen-bond donors (Lipinski definition) is 2. The maximum Gasteiger partial charge on any atom is 0.224 e. The van der Waals surface area contributed by atoms with Crippen LogP contribution in [0.25, 0.3) is 0 Å². The fourth-order valence-corrected chi connectivity index (χ4v) is 2.08. The Morgan fingerprint density at radius 3 is 2.95 bits per heavy atom. The van der Waals surface area contributed by atoms with Crippen molar-refractivity contribution in [3.8, 4) is 6.07 Å². The first-order valence-electron chi connectivity index (χ1n) is 6.72. The molecule has 2 rings (SSSR count). The molecule has 0 aliphatic carbocycles. The second-order valence-corrected chi connectivity index (χ2v) is 5.34. The highest BCUT2D eigenvalue weighted by atomic mass is 79.9. The molecule has 0 atom stereocenters. The van der Waals surface area contributed by atoms with Crippen molar-refractivity contribution >= 4 is 27.7 Å². The van der Waals surface area contributed by atoms with Gasteiger partial charge >= 0.3 is 0 Å². The Kier molecular flexibility index (Phi) is 5.52. The molecule has 0 fully saturated rings. The van der Waals surface area contributed by atoms with E-state index in [1.54, 1.807) is 12.3 Å². The van der Waals surface area contributed by atoms with E-state index in [1.807, 2.05) is 18.2 Å². The predicted octanol–water partition coefficient (Wildman–Crippen LogP) is 3.54. The van der Waals surface area contributed by atoms with Crippen molar-refractivity contribution in [2.75, 3.05) is 17.2 Å². The molecule has 0 radical (unpaired) electrons.